The maximum atomic E-state index is 12.4. The van der Waals surface area contributed by atoms with Crippen LogP contribution in [0.1, 0.15) is 0 Å². The first-order chi connectivity index (χ1) is 10.8. The second-order valence-corrected chi connectivity index (χ2v) is 5.35. The molecule has 0 unspecified atom stereocenters. The zero-order valence-electron chi connectivity index (χ0n) is 12.2. The molecule has 1 saturated heterocycles. The van der Waals surface area contributed by atoms with E-state index >= 15 is 0 Å². The van der Waals surface area contributed by atoms with Crippen molar-refractivity contribution in [1.82, 2.24) is 14.5 Å². The molecule has 1 aromatic heterocycles. The summed E-state index contributed by atoms with van der Waals surface area (Å²) in [5.41, 5.74) is 1.69. The quantitative estimate of drug-likeness (QED) is 0.815. The monoisotopic (exact) mass is 303 g/mol. The fourth-order valence-electron chi connectivity index (χ4n) is 2.78. The highest BCUT2D eigenvalue weighted by Gasteiger charge is 2.19. The SMILES string of the molecule is O=C(Cn1cnc2cc3c(cc21)OCCO3)N1CCOCC1. The summed E-state index contributed by atoms with van der Waals surface area (Å²) in [4.78, 5) is 18.5. The summed E-state index contributed by atoms with van der Waals surface area (Å²) in [6, 6.07) is 3.75. The normalized spacial score (nSPS) is 17.7. The molecule has 116 valence electrons. The van der Waals surface area contributed by atoms with Crippen LogP contribution in [0.15, 0.2) is 18.5 Å². The van der Waals surface area contributed by atoms with Crippen LogP contribution >= 0.6 is 0 Å². The fourth-order valence-corrected chi connectivity index (χ4v) is 2.78. The molecule has 7 heteroatoms. The number of morpholine rings is 1. The molecule has 4 rings (SSSR count). The van der Waals surface area contributed by atoms with Gasteiger partial charge in [-0.25, -0.2) is 4.98 Å². The number of ether oxygens (including phenoxy) is 3. The minimum Gasteiger partial charge on any atom is -0.486 e. The molecule has 1 aromatic carbocycles. The smallest absolute Gasteiger partial charge is 0.242 e. The average molecular weight is 303 g/mol. The Bertz CT molecular complexity index is 706. The van der Waals surface area contributed by atoms with E-state index in [2.05, 4.69) is 4.98 Å². The number of carbonyl (C=O) groups excluding carboxylic acids is 1. The number of imidazole rings is 1. The first kappa shape index (κ1) is 13.4. The highest BCUT2D eigenvalue weighted by molar-refractivity contribution is 5.83. The van der Waals surface area contributed by atoms with Gasteiger partial charge in [-0.05, 0) is 0 Å². The van der Waals surface area contributed by atoms with Crippen molar-refractivity contribution in [3.63, 3.8) is 0 Å². The van der Waals surface area contributed by atoms with Crippen molar-refractivity contribution in [2.24, 2.45) is 0 Å². The van der Waals surface area contributed by atoms with Gasteiger partial charge in [0.05, 0.1) is 30.6 Å². The molecule has 2 aliphatic rings. The van der Waals surface area contributed by atoms with E-state index in [1.807, 2.05) is 21.6 Å². The molecule has 0 atom stereocenters. The van der Waals surface area contributed by atoms with E-state index in [1.165, 1.54) is 0 Å². The van der Waals surface area contributed by atoms with Crippen LogP contribution in [0.4, 0.5) is 0 Å². The van der Waals surface area contributed by atoms with E-state index in [4.69, 9.17) is 14.2 Å². The van der Waals surface area contributed by atoms with Gasteiger partial charge in [-0.1, -0.05) is 0 Å². The lowest BCUT2D eigenvalue weighted by molar-refractivity contribution is -0.135. The summed E-state index contributed by atoms with van der Waals surface area (Å²) >= 11 is 0. The third kappa shape index (κ3) is 2.37. The van der Waals surface area contributed by atoms with Crippen molar-refractivity contribution in [3.8, 4) is 11.5 Å². The second kappa shape index (κ2) is 5.49. The highest BCUT2D eigenvalue weighted by Crippen LogP contribution is 2.34. The Morgan fingerprint density at radius 3 is 2.59 bits per heavy atom. The van der Waals surface area contributed by atoms with Gasteiger partial charge in [0, 0.05) is 25.2 Å². The molecule has 22 heavy (non-hydrogen) atoms. The third-order valence-electron chi connectivity index (χ3n) is 3.95. The van der Waals surface area contributed by atoms with Crippen LogP contribution in [0.5, 0.6) is 11.5 Å². The highest BCUT2D eigenvalue weighted by atomic mass is 16.6. The summed E-state index contributed by atoms with van der Waals surface area (Å²) in [5.74, 6) is 1.50. The Hall–Kier alpha value is -2.28. The molecule has 1 amide bonds. The van der Waals surface area contributed by atoms with Gasteiger partial charge in [-0.2, -0.15) is 0 Å². The van der Waals surface area contributed by atoms with Crippen molar-refractivity contribution < 1.29 is 19.0 Å². The number of rotatable bonds is 2. The molecular weight excluding hydrogens is 286 g/mol. The standard InChI is InChI=1S/C15H17N3O4/c19-15(17-1-3-20-4-2-17)9-18-10-16-11-7-13-14(8-12(11)18)22-6-5-21-13/h7-8,10H,1-6,9H2. The summed E-state index contributed by atoms with van der Waals surface area (Å²) in [6.07, 6.45) is 1.69. The van der Waals surface area contributed by atoms with E-state index in [0.717, 1.165) is 11.0 Å². The molecule has 0 radical (unpaired) electrons. The van der Waals surface area contributed by atoms with Crippen LogP contribution < -0.4 is 9.47 Å². The van der Waals surface area contributed by atoms with Gasteiger partial charge in [-0.3, -0.25) is 4.79 Å². The summed E-state index contributed by atoms with van der Waals surface area (Å²) in [7, 11) is 0. The lowest BCUT2D eigenvalue weighted by Crippen LogP contribution is -2.42. The molecular formula is C15H17N3O4. The number of hydrogen-bond donors (Lipinski definition) is 0. The van der Waals surface area contributed by atoms with Crippen LogP contribution in [0, 0.1) is 0 Å². The van der Waals surface area contributed by atoms with E-state index in [0.29, 0.717) is 51.0 Å². The van der Waals surface area contributed by atoms with Crippen LogP contribution in [0.2, 0.25) is 0 Å². The van der Waals surface area contributed by atoms with Gasteiger partial charge in [0.2, 0.25) is 5.91 Å². The molecule has 0 bridgehead atoms. The lowest BCUT2D eigenvalue weighted by Gasteiger charge is -2.27. The summed E-state index contributed by atoms with van der Waals surface area (Å²) in [6.45, 7) is 3.88. The predicted molar refractivity (Wildman–Crippen MR) is 78.1 cm³/mol. The Morgan fingerprint density at radius 1 is 1.09 bits per heavy atom. The number of amides is 1. The zero-order chi connectivity index (χ0) is 14.9. The Kier molecular flexibility index (Phi) is 3.34. The van der Waals surface area contributed by atoms with Crippen molar-refractivity contribution in [3.05, 3.63) is 18.5 Å². The fraction of sp³-hybridized carbons (Fsp3) is 0.467. The number of hydrogen-bond acceptors (Lipinski definition) is 5. The Morgan fingerprint density at radius 2 is 1.82 bits per heavy atom. The van der Waals surface area contributed by atoms with Crippen LogP contribution in [0.3, 0.4) is 0 Å². The largest absolute Gasteiger partial charge is 0.486 e. The zero-order valence-corrected chi connectivity index (χ0v) is 12.2. The summed E-state index contributed by atoms with van der Waals surface area (Å²) in [5, 5.41) is 0. The van der Waals surface area contributed by atoms with E-state index in [-0.39, 0.29) is 12.5 Å². The summed E-state index contributed by atoms with van der Waals surface area (Å²) < 4.78 is 18.3. The van der Waals surface area contributed by atoms with Crippen molar-refractivity contribution >= 4 is 16.9 Å². The van der Waals surface area contributed by atoms with E-state index in [1.54, 1.807) is 6.33 Å². The van der Waals surface area contributed by atoms with Crippen molar-refractivity contribution in [2.75, 3.05) is 39.5 Å². The molecule has 3 heterocycles. The molecule has 0 N–H and O–H groups in total. The molecule has 2 aliphatic heterocycles. The first-order valence-electron chi connectivity index (χ1n) is 7.41. The van der Waals surface area contributed by atoms with Crippen LogP contribution in [0.25, 0.3) is 11.0 Å². The second-order valence-electron chi connectivity index (χ2n) is 5.35. The molecule has 0 aliphatic carbocycles. The predicted octanol–water partition coefficient (Wildman–Crippen LogP) is 0.666. The number of fused-ring (bicyclic) bond motifs is 2. The Labute approximate surface area is 127 Å². The topological polar surface area (TPSA) is 65.8 Å². The maximum absolute atomic E-state index is 12.4. The van der Waals surface area contributed by atoms with Gasteiger partial charge in [0.15, 0.2) is 11.5 Å². The minimum atomic E-state index is 0.0810. The van der Waals surface area contributed by atoms with Gasteiger partial charge < -0.3 is 23.7 Å². The number of nitrogens with zero attached hydrogens (tertiary/aromatic N) is 3. The van der Waals surface area contributed by atoms with Gasteiger partial charge in [-0.15, -0.1) is 0 Å². The maximum Gasteiger partial charge on any atom is 0.242 e. The number of benzene rings is 1. The molecule has 0 saturated carbocycles. The van der Waals surface area contributed by atoms with Gasteiger partial charge >= 0.3 is 0 Å². The van der Waals surface area contributed by atoms with Gasteiger partial charge in [0.1, 0.15) is 19.8 Å². The molecule has 7 nitrogen and oxygen atoms in total. The van der Waals surface area contributed by atoms with Crippen molar-refractivity contribution in [2.45, 2.75) is 6.54 Å². The lowest BCUT2D eigenvalue weighted by atomic mass is 10.2. The average Bonchev–Trinajstić information content (AvgIpc) is 2.95. The third-order valence-corrected chi connectivity index (χ3v) is 3.95. The number of carbonyl (C=O) groups is 1. The molecule has 0 spiro atoms. The van der Waals surface area contributed by atoms with Gasteiger partial charge in [0.25, 0.3) is 0 Å². The first-order valence-corrected chi connectivity index (χ1v) is 7.41. The van der Waals surface area contributed by atoms with Crippen molar-refractivity contribution in [1.29, 1.82) is 0 Å². The minimum absolute atomic E-state index is 0.0810. The number of aromatic nitrogens is 2. The van der Waals surface area contributed by atoms with Crippen LogP contribution in [-0.4, -0.2) is 59.9 Å². The van der Waals surface area contributed by atoms with Crippen LogP contribution in [-0.2, 0) is 16.1 Å². The van der Waals surface area contributed by atoms with E-state index < -0.39 is 0 Å². The molecule has 2 aromatic rings. The van der Waals surface area contributed by atoms with E-state index in [9.17, 15) is 4.79 Å². The Balaban J connectivity index is 1.60. The molecule has 1 fully saturated rings.